The highest BCUT2D eigenvalue weighted by Gasteiger charge is 2.30. The minimum Gasteiger partial charge on any atom is -0.304 e. The Balaban J connectivity index is 1.57. The van der Waals surface area contributed by atoms with Crippen molar-refractivity contribution in [2.24, 2.45) is 0 Å². The van der Waals surface area contributed by atoms with Gasteiger partial charge in [-0.25, -0.2) is 4.98 Å². The molecule has 1 fully saturated rings. The summed E-state index contributed by atoms with van der Waals surface area (Å²) in [5, 5.41) is 5.89. The predicted octanol–water partition coefficient (Wildman–Crippen LogP) is 0.727. The highest BCUT2D eigenvalue weighted by atomic mass is 32.1. The van der Waals surface area contributed by atoms with Gasteiger partial charge in [-0.15, -0.1) is 11.3 Å². The molecular formula is C15H21N5OS. The van der Waals surface area contributed by atoms with Gasteiger partial charge in [0.15, 0.2) is 0 Å². The van der Waals surface area contributed by atoms with Gasteiger partial charge in [-0.1, -0.05) is 0 Å². The number of rotatable bonds is 2. The Morgan fingerprint density at radius 3 is 2.86 bits per heavy atom. The summed E-state index contributed by atoms with van der Waals surface area (Å²) in [6.07, 6.45) is 4.69. The minimum absolute atomic E-state index is 0.0868. The Kier molecular flexibility index (Phi) is 3.63. The molecule has 7 heteroatoms. The zero-order valence-electron chi connectivity index (χ0n) is 12.8. The van der Waals surface area contributed by atoms with E-state index in [1.165, 1.54) is 11.3 Å². The second kappa shape index (κ2) is 5.64. The van der Waals surface area contributed by atoms with Gasteiger partial charge in [-0.2, -0.15) is 4.68 Å². The average Bonchev–Trinajstić information content (AvgIpc) is 3.16. The molecule has 22 heavy (non-hydrogen) atoms. The topological polar surface area (TPSA) is 57.2 Å². The van der Waals surface area contributed by atoms with Crippen molar-refractivity contribution in [2.75, 3.05) is 33.2 Å². The molecule has 1 aliphatic carbocycles. The van der Waals surface area contributed by atoms with E-state index in [0.29, 0.717) is 6.04 Å². The summed E-state index contributed by atoms with van der Waals surface area (Å²) >= 11 is 1.49. The van der Waals surface area contributed by atoms with Gasteiger partial charge >= 0.3 is 0 Å². The fourth-order valence-electron chi connectivity index (χ4n) is 3.54. The number of piperazine rings is 1. The first kappa shape index (κ1) is 14.2. The van der Waals surface area contributed by atoms with E-state index < -0.39 is 0 Å². The van der Waals surface area contributed by atoms with Gasteiger partial charge in [0, 0.05) is 55.1 Å². The van der Waals surface area contributed by atoms with Gasteiger partial charge in [0.2, 0.25) is 5.13 Å². The summed E-state index contributed by atoms with van der Waals surface area (Å²) in [7, 11) is 2.18. The Morgan fingerprint density at radius 2 is 2.14 bits per heavy atom. The number of nitrogens with zero attached hydrogens (tertiary/aromatic N) is 4. The molecule has 0 bridgehead atoms. The molecule has 1 saturated heterocycles. The third kappa shape index (κ3) is 2.43. The van der Waals surface area contributed by atoms with E-state index in [0.717, 1.165) is 61.8 Å². The van der Waals surface area contributed by atoms with E-state index in [9.17, 15) is 4.79 Å². The number of aromatic amines is 1. The van der Waals surface area contributed by atoms with Gasteiger partial charge in [-0.05, 0) is 26.3 Å². The average molecular weight is 319 g/mol. The fourth-order valence-corrected chi connectivity index (χ4v) is 4.14. The van der Waals surface area contributed by atoms with Crippen molar-refractivity contribution in [3.8, 4) is 5.13 Å². The maximum absolute atomic E-state index is 12.7. The maximum atomic E-state index is 12.7. The normalized spacial score (nSPS) is 23.6. The molecule has 2 aromatic rings. The van der Waals surface area contributed by atoms with Crippen LogP contribution in [0, 0.1) is 0 Å². The van der Waals surface area contributed by atoms with Gasteiger partial charge in [0.1, 0.15) is 0 Å². The van der Waals surface area contributed by atoms with Crippen LogP contribution in [-0.4, -0.2) is 63.8 Å². The minimum atomic E-state index is 0.0868. The lowest BCUT2D eigenvalue weighted by Crippen LogP contribution is -2.50. The van der Waals surface area contributed by atoms with E-state index in [2.05, 4.69) is 26.9 Å². The van der Waals surface area contributed by atoms with E-state index in [1.807, 2.05) is 5.38 Å². The number of hydrogen-bond donors (Lipinski definition) is 1. The molecule has 0 saturated carbocycles. The molecule has 1 atom stereocenters. The highest BCUT2D eigenvalue weighted by molar-refractivity contribution is 7.12. The molecule has 0 aromatic carbocycles. The summed E-state index contributed by atoms with van der Waals surface area (Å²) in [5.41, 5.74) is 2.15. The third-order valence-corrected chi connectivity index (χ3v) is 5.66. The Bertz CT molecular complexity index is 696. The van der Waals surface area contributed by atoms with Crippen molar-refractivity contribution in [2.45, 2.75) is 25.3 Å². The van der Waals surface area contributed by atoms with Gasteiger partial charge in [0.25, 0.3) is 5.56 Å². The smallest absolute Gasteiger partial charge is 0.276 e. The molecule has 0 spiro atoms. The van der Waals surface area contributed by atoms with Crippen LogP contribution in [0.5, 0.6) is 0 Å². The first-order chi connectivity index (χ1) is 10.7. The van der Waals surface area contributed by atoms with E-state index >= 15 is 0 Å². The quantitative estimate of drug-likeness (QED) is 0.886. The van der Waals surface area contributed by atoms with Crippen molar-refractivity contribution >= 4 is 11.3 Å². The predicted molar refractivity (Wildman–Crippen MR) is 86.9 cm³/mol. The van der Waals surface area contributed by atoms with Crippen LogP contribution < -0.4 is 5.56 Å². The summed E-state index contributed by atoms with van der Waals surface area (Å²) in [5.74, 6) is 0. The lowest BCUT2D eigenvalue weighted by molar-refractivity contribution is 0.103. The van der Waals surface area contributed by atoms with Gasteiger partial charge in [0.05, 0.1) is 0 Å². The highest BCUT2D eigenvalue weighted by Crippen LogP contribution is 2.23. The van der Waals surface area contributed by atoms with Crippen LogP contribution in [0.2, 0.25) is 0 Å². The molecule has 6 nitrogen and oxygen atoms in total. The van der Waals surface area contributed by atoms with Crippen LogP contribution >= 0.6 is 11.3 Å². The summed E-state index contributed by atoms with van der Waals surface area (Å²) < 4.78 is 1.61. The molecule has 2 aromatic heterocycles. The monoisotopic (exact) mass is 319 g/mol. The Morgan fingerprint density at radius 1 is 1.32 bits per heavy atom. The summed E-state index contributed by atoms with van der Waals surface area (Å²) in [6, 6.07) is 0.509. The summed E-state index contributed by atoms with van der Waals surface area (Å²) in [6.45, 7) is 4.48. The zero-order chi connectivity index (χ0) is 15.1. The second-order valence-corrected chi connectivity index (χ2v) is 7.13. The number of thiazole rings is 1. The number of nitrogens with one attached hydrogen (secondary N) is 1. The molecule has 3 heterocycles. The number of aryl methyl sites for hydroxylation is 1. The number of aromatic nitrogens is 3. The Labute approximate surface area is 133 Å². The molecule has 0 radical (unpaired) electrons. The first-order valence-electron chi connectivity index (χ1n) is 7.87. The van der Waals surface area contributed by atoms with Gasteiger partial charge in [-0.3, -0.25) is 14.8 Å². The van der Waals surface area contributed by atoms with Crippen molar-refractivity contribution in [3.05, 3.63) is 33.2 Å². The van der Waals surface area contributed by atoms with Crippen LogP contribution in [0.3, 0.4) is 0 Å². The molecule has 0 amide bonds. The zero-order valence-corrected chi connectivity index (χ0v) is 13.6. The number of H-pyrrole nitrogens is 1. The van der Waals surface area contributed by atoms with Crippen LogP contribution in [0.4, 0.5) is 0 Å². The van der Waals surface area contributed by atoms with Crippen LogP contribution in [0.1, 0.15) is 17.7 Å². The summed E-state index contributed by atoms with van der Waals surface area (Å²) in [4.78, 5) is 21.8. The second-order valence-electron chi connectivity index (χ2n) is 6.26. The molecular weight excluding hydrogens is 298 g/mol. The number of fused-ring (bicyclic) bond motifs is 1. The molecule has 118 valence electrons. The number of likely N-dealkylation sites (N-methyl/N-ethyl adjacent to an activating group) is 1. The molecule has 1 unspecified atom stereocenters. The van der Waals surface area contributed by atoms with E-state index in [-0.39, 0.29) is 5.56 Å². The Hall–Kier alpha value is -1.44. The molecule has 1 N–H and O–H groups in total. The van der Waals surface area contributed by atoms with E-state index in [1.54, 1.807) is 10.9 Å². The third-order valence-electron chi connectivity index (χ3n) is 4.90. The van der Waals surface area contributed by atoms with Crippen LogP contribution in [0.15, 0.2) is 16.4 Å². The SMILES string of the molecule is CN1CCN(C2CCc3[nH]n(-c4nccs4)c(=O)c3C2)CC1. The van der Waals surface area contributed by atoms with Crippen molar-refractivity contribution < 1.29 is 0 Å². The van der Waals surface area contributed by atoms with Crippen molar-refractivity contribution in [1.82, 2.24) is 24.6 Å². The van der Waals surface area contributed by atoms with E-state index in [4.69, 9.17) is 0 Å². The first-order valence-corrected chi connectivity index (χ1v) is 8.75. The standard InChI is InChI=1S/C15H21N5OS/c1-18-5-7-19(8-6-18)11-2-3-13-12(10-11)14(21)20(17-13)15-16-4-9-22-15/h4,9,11,17H,2-3,5-8,10H2,1H3. The fraction of sp³-hybridized carbons (Fsp3) is 0.600. The lowest BCUT2D eigenvalue weighted by atomic mass is 9.92. The molecule has 4 rings (SSSR count). The maximum Gasteiger partial charge on any atom is 0.276 e. The van der Waals surface area contributed by atoms with Crippen LogP contribution in [-0.2, 0) is 12.8 Å². The largest absolute Gasteiger partial charge is 0.304 e. The van der Waals surface area contributed by atoms with Crippen molar-refractivity contribution in [3.63, 3.8) is 0 Å². The van der Waals surface area contributed by atoms with Crippen LogP contribution in [0.25, 0.3) is 5.13 Å². The lowest BCUT2D eigenvalue weighted by Gasteiger charge is -2.39. The van der Waals surface area contributed by atoms with Crippen molar-refractivity contribution in [1.29, 1.82) is 0 Å². The molecule has 2 aliphatic rings. The number of hydrogen-bond acceptors (Lipinski definition) is 5. The molecule has 1 aliphatic heterocycles. The van der Waals surface area contributed by atoms with Gasteiger partial charge < -0.3 is 4.90 Å².